The monoisotopic (exact) mass is 395 g/mol. The molecule has 1 aliphatic heterocycles. The Bertz CT molecular complexity index is 1040. The summed E-state index contributed by atoms with van der Waals surface area (Å²) in [7, 11) is 1.76. The van der Waals surface area contributed by atoms with Crippen LogP contribution < -0.4 is 10.1 Å². The first-order valence-corrected chi connectivity index (χ1v) is 9.60. The van der Waals surface area contributed by atoms with Crippen LogP contribution in [0.4, 0.5) is 4.39 Å². The first kappa shape index (κ1) is 19.0. The highest BCUT2D eigenvalue weighted by Crippen LogP contribution is 2.39. The van der Waals surface area contributed by atoms with Gasteiger partial charge >= 0.3 is 0 Å². The van der Waals surface area contributed by atoms with E-state index in [0.29, 0.717) is 35.5 Å². The van der Waals surface area contributed by atoms with E-state index in [1.807, 2.05) is 6.07 Å². The molecule has 29 heavy (non-hydrogen) atoms. The highest BCUT2D eigenvalue weighted by Gasteiger charge is 2.28. The second-order valence-corrected chi connectivity index (χ2v) is 7.12. The van der Waals surface area contributed by atoms with Crippen molar-refractivity contribution in [3.8, 4) is 16.9 Å². The van der Waals surface area contributed by atoms with Crippen molar-refractivity contribution in [2.45, 2.75) is 32.3 Å². The summed E-state index contributed by atoms with van der Waals surface area (Å²) >= 11 is 0. The van der Waals surface area contributed by atoms with Crippen molar-refractivity contribution in [3.63, 3.8) is 0 Å². The van der Waals surface area contributed by atoms with Crippen LogP contribution in [0.5, 0.6) is 5.75 Å². The Morgan fingerprint density at radius 2 is 2.10 bits per heavy atom. The van der Waals surface area contributed by atoms with Crippen LogP contribution in [0.3, 0.4) is 0 Å². The van der Waals surface area contributed by atoms with E-state index in [-0.39, 0.29) is 17.8 Å². The van der Waals surface area contributed by atoms with E-state index >= 15 is 0 Å². The number of carbonyl (C=O) groups excluding carboxylic acids is 1. The van der Waals surface area contributed by atoms with Gasteiger partial charge in [-0.3, -0.25) is 9.48 Å². The van der Waals surface area contributed by atoms with Gasteiger partial charge in [-0.2, -0.15) is 5.10 Å². The average molecular weight is 395 g/mol. The molecule has 0 saturated carbocycles. The zero-order valence-corrected chi connectivity index (χ0v) is 16.4. The van der Waals surface area contributed by atoms with Crippen molar-refractivity contribution in [2.75, 3.05) is 6.54 Å². The highest BCUT2D eigenvalue weighted by molar-refractivity contribution is 5.92. The molecule has 0 spiro atoms. The third-order valence-electron chi connectivity index (χ3n) is 4.89. The fourth-order valence-corrected chi connectivity index (χ4v) is 3.58. The van der Waals surface area contributed by atoms with Crippen LogP contribution in [0.25, 0.3) is 11.1 Å². The van der Waals surface area contributed by atoms with E-state index in [9.17, 15) is 9.18 Å². The normalized spacial score (nSPS) is 15.1. The molecule has 3 aromatic rings. The predicted octanol–water partition coefficient (Wildman–Crippen LogP) is 2.70. The lowest BCUT2D eigenvalue weighted by Gasteiger charge is -2.13. The van der Waals surface area contributed by atoms with E-state index < -0.39 is 0 Å². The Hall–Kier alpha value is -3.29. The van der Waals surface area contributed by atoms with Gasteiger partial charge < -0.3 is 10.1 Å². The van der Waals surface area contributed by atoms with Crippen molar-refractivity contribution in [1.82, 2.24) is 25.1 Å². The van der Waals surface area contributed by atoms with Gasteiger partial charge in [-0.1, -0.05) is 13.3 Å². The number of amides is 1. The molecule has 7 nitrogen and oxygen atoms in total. The molecule has 2 aromatic heterocycles. The smallest absolute Gasteiger partial charge is 0.269 e. The number of fused-ring (bicyclic) bond motifs is 1. The average Bonchev–Trinajstić information content (AvgIpc) is 3.29. The fraction of sp³-hybridized carbons (Fsp3) is 0.333. The Morgan fingerprint density at radius 1 is 1.31 bits per heavy atom. The molecule has 150 valence electrons. The van der Waals surface area contributed by atoms with Gasteiger partial charge in [0.2, 0.25) is 0 Å². The summed E-state index contributed by atoms with van der Waals surface area (Å²) in [5.41, 5.74) is 3.48. The van der Waals surface area contributed by atoms with Crippen molar-refractivity contribution < 1.29 is 13.9 Å². The zero-order valence-electron chi connectivity index (χ0n) is 16.4. The van der Waals surface area contributed by atoms with Crippen LogP contribution in [0.15, 0.2) is 36.9 Å². The number of benzene rings is 1. The number of nitrogens with zero attached hydrogens (tertiary/aromatic N) is 4. The van der Waals surface area contributed by atoms with Crippen LogP contribution in [0, 0.1) is 5.82 Å². The van der Waals surface area contributed by atoms with E-state index in [2.05, 4.69) is 27.3 Å². The lowest BCUT2D eigenvalue weighted by molar-refractivity contribution is 0.0924. The Kier molecular flexibility index (Phi) is 5.24. The minimum Gasteiger partial charge on any atom is -0.487 e. The summed E-state index contributed by atoms with van der Waals surface area (Å²) in [5.74, 6) is 0.0743. The minimum absolute atomic E-state index is 0.204. The largest absolute Gasteiger partial charge is 0.487 e. The number of ether oxygens (including phenoxy) is 1. The number of rotatable bonds is 6. The van der Waals surface area contributed by atoms with E-state index in [0.717, 1.165) is 24.1 Å². The van der Waals surface area contributed by atoms with Crippen molar-refractivity contribution in [2.24, 2.45) is 7.05 Å². The maximum absolute atomic E-state index is 14.1. The number of nitrogens with one attached hydrogen (secondary N) is 1. The quantitative estimate of drug-likeness (QED) is 0.694. The van der Waals surface area contributed by atoms with Gasteiger partial charge in [-0.05, 0) is 24.6 Å². The van der Waals surface area contributed by atoms with Gasteiger partial charge in [0.15, 0.2) is 0 Å². The topological polar surface area (TPSA) is 81.9 Å². The van der Waals surface area contributed by atoms with E-state index in [1.165, 1.54) is 18.5 Å². The molecule has 1 aliphatic rings. The minimum atomic E-state index is -0.339. The molecule has 0 aliphatic carbocycles. The van der Waals surface area contributed by atoms with E-state index in [1.54, 1.807) is 24.1 Å². The third kappa shape index (κ3) is 3.96. The molecule has 0 radical (unpaired) electrons. The first-order valence-electron chi connectivity index (χ1n) is 9.60. The molecule has 1 amide bonds. The van der Waals surface area contributed by atoms with Gasteiger partial charge in [-0.15, -0.1) is 0 Å². The fourth-order valence-electron chi connectivity index (χ4n) is 3.58. The van der Waals surface area contributed by atoms with Crippen molar-refractivity contribution in [1.29, 1.82) is 0 Å². The SMILES string of the molecule is CCCc1cc(C(=O)NCC2Cc3cc(F)cc(-c4cncnc4)c3O2)n(C)n1. The number of carbonyl (C=O) groups is 1. The molecule has 0 saturated heterocycles. The summed E-state index contributed by atoms with van der Waals surface area (Å²) < 4.78 is 21.7. The Morgan fingerprint density at radius 3 is 2.86 bits per heavy atom. The Labute approximate surface area is 167 Å². The van der Waals surface area contributed by atoms with Gasteiger partial charge in [0, 0.05) is 42.6 Å². The number of aryl methyl sites for hydroxylation is 2. The lowest BCUT2D eigenvalue weighted by Crippen LogP contribution is -2.35. The van der Waals surface area contributed by atoms with Gasteiger partial charge in [0.1, 0.15) is 29.7 Å². The van der Waals surface area contributed by atoms with Crippen LogP contribution >= 0.6 is 0 Å². The summed E-state index contributed by atoms with van der Waals surface area (Å²) in [5, 5.41) is 7.26. The zero-order chi connectivity index (χ0) is 20.4. The molecule has 1 unspecified atom stereocenters. The molecule has 0 fully saturated rings. The van der Waals surface area contributed by atoms with Crippen LogP contribution in [-0.4, -0.2) is 38.3 Å². The molecule has 4 rings (SSSR count). The van der Waals surface area contributed by atoms with Crippen molar-refractivity contribution >= 4 is 5.91 Å². The second-order valence-electron chi connectivity index (χ2n) is 7.12. The molecule has 3 heterocycles. The Balaban J connectivity index is 1.46. The first-order chi connectivity index (χ1) is 14.0. The molecule has 1 aromatic carbocycles. The second kappa shape index (κ2) is 7.98. The molecule has 8 heteroatoms. The number of aromatic nitrogens is 4. The molecular formula is C21H22FN5O2. The number of halogens is 1. The summed E-state index contributed by atoms with van der Waals surface area (Å²) in [6.45, 7) is 2.39. The maximum atomic E-state index is 14.1. The third-order valence-corrected chi connectivity index (χ3v) is 4.89. The van der Waals surface area contributed by atoms with Gasteiger partial charge in [-0.25, -0.2) is 14.4 Å². The molecular weight excluding hydrogens is 373 g/mol. The lowest BCUT2D eigenvalue weighted by atomic mass is 10.0. The summed E-state index contributed by atoms with van der Waals surface area (Å²) in [6.07, 6.45) is 6.71. The maximum Gasteiger partial charge on any atom is 0.269 e. The molecule has 1 N–H and O–H groups in total. The van der Waals surface area contributed by atoms with Crippen LogP contribution in [0.2, 0.25) is 0 Å². The predicted molar refractivity (Wildman–Crippen MR) is 105 cm³/mol. The molecule has 1 atom stereocenters. The van der Waals surface area contributed by atoms with Crippen molar-refractivity contribution in [3.05, 3.63) is 59.7 Å². The highest BCUT2D eigenvalue weighted by atomic mass is 19.1. The van der Waals surface area contributed by atoms with Crippen LogP contribution in [-0.2, 0) is 19.9 Å². The molecule has 0 bridgehead atoms. The van der Waals surface area contributed by atoms with E-state index in [4.69, 9.17) is 4.74 Å². The standard InChI is InChI=1S/C21H22FN5O2/c1-3-4-16-8-19(27(2)26-16)21(28)25-11-17-6-13-5-15(22)7-18(20(13)29-17)14-9-23-12-24-10-14/h5,7-10,12,17H,3-4,6,11H2,1-2H3,(H,25,28). The number of hydrogen-bond donors (Lipinski definition) is 1. The van der Waals surface area contributed by atoms with Gasteiger partial charge in [0.05, 0.1) is 12.2 Å². The summed E-state index contributed by atoms with van der Waals surface area (Å²) in [4.78, 5) is 20.5. The summed E-state index contributed by atoms with van der Waals surface area (Å²) in [6, 6.07) is 4.71. The van der Waals surface area contributed by atoms with Gasteiger partial charge in [0.25, 0.3) is 5.91 Å². The van der Waals surface area contributed by atoms with Crippen LogP contribution in [0.1, 0.15) is 35.1 Å². The number of hydrogen-bond acceptors (Lipinski definition) is 5.